The third kappa shape index (κ3) is 2.27. The Bertz CT molecular complexity index is 365. The molecule has 4 nitrogen and oxygen atoms in total. The van der Waals surface area contributed by atoms with Gasteiger partial charge < -0.3 is 4.84 Å². The standard InChI is InChI=1S/C11H16N2O2/c1-7-5-8(2)10(9(3)6-7)13(4)11(14)15-12/h5-6H,12H2,1-4H3. The molecule has 0 aliphatic rings. The maximum Gasteiger partial charge on any atom is 0.432 e. The first-order chi connectivity index (χ1) is 6.97. The highest BCUT2D eigenvalue weighted by Gasteiger charge is 2.15. The van der Waals surface area contributed by atoms with E-state index in [4.69, 9.17) is 5.90 Å². The van der Waals surface area contributed by atoms with Gasteiger partial charge in [-0.1, -0.05) is 17.7 Å². The molecule has 2 N–H and O–H groups in total. The van der Waals surface area contributed by atoms with Crippen molar-refractivity contribution in [3.05, 3.63) is 28.8 Å². The van der Waals surface area contributed by atoms with Gasteiger partial charge in [-0.3, -0.25) is 4.90 Å². The van der Waals surface area contributed by atoms with E-state index in [-0.39, 0.29) is 0 Å². The Morgan fingerprint density at radius 2 is 1.73 bits per heavy atom. The van der Waals surface area contributed by atoms with Gasteiger partial charge >= 0.3 is 6.09 Å². The minimum Gasteiger partial charge on any atom is -0.356 e. The van der Waals surface area contributed by atoms with E-state index in [0.29, 0.717) is 0 Å². The lowest BCUT2D eigenvalue weighted by Crippen LogP contribution is -2.30. The van der Waals surface area contributed by atoms with E-state index in [0.717, 1.165) is 16.8 Å². The van der Waals surface area contributed by atoms with Gasteiger partial charge in [-0.2, -0.15) is 5.90 Å². The van der Waals surface area contributed by atoms with Gasteiger partial charge in [0, 0.05) is 7.05 Å². The molecule has 0 unspecified atom stereocenters. The highest BCUT2D eigenvalue weighted by atomic mass is 16.7. The van der Waals surface area contributed by atoms with E-state index in [1.165, 1.54) is 10.5 Å². The summed E-state index contributed by atoms with van der Waals surface area (Å²) in [5, 5.41) is 0. The van der Waals surface area contributed by atoms with E-state index >= 15 is 0 Å². The number of amides is 1. The Kier molecular flexibility index (Phi) is 3.31. The lowest BCUT2D eigenvalue weighted by atomic mass is 10.0. The van der Waals surface area contributed by atoms with Crippen molar-refractivity contribution in [2.45, 2.75) is 20.8 Å². The van der Waals surface area contributed by atoms with Crippen molar-refractivity contribution in [2.24, 2.45) is 5.90 Å². The summed E-state index contributed by atoms with van der Waals surface area (Å²) >= 11 is 0. The summed E-state index contributed by atoms with van der Waals surface area (Å²) in [5.74, 6) is 4.85. The monoisotopic (exact) mass is 208 g/mol. The molecule has 0 aliphatic carbocycles. The number of nitrogens with two attached hydrogens (primary N) is 1. The second-order valence-electron chi connectivity index (χ2n) is 3.69. The summed E-state index contributed by atoms with van der Waals surface area (Å²) in [6, 6.07) is 4.03. The van der Waals surface area contributed by atoms with Crippen LogP contribution in [0.1, 0.15) is 16.7 Å². The molecule has 15 heavy (non-hydrogen) atoms. The smallest absolute Gasteiger partial charge is 0.356 e. The van der Waals surface area contributed by atoms with Crippen LogP contribution in [0, 0.1) is 20.8 Å². The zero-order chi connectivity index (χ0) is 11.6. The number of hydrogen-bond donors (Lipinski definition) is 1. The van der Waals surface area contributed by atoms with Gasteiger partial charge in [0.05, 0.1) is 5.69 Å². The minimum atomic E-state index is -0.565. The summed E-state index contributed by atoms with van der Waals surface area (Å²) < 4.78 is 0. The van der Waals surface area contributed by atoms with Crippen molar-refractivity contribution < 1.29 is 9.63 Å². The molecule has 1 aromatic carbocycles. The van der Waals surface area contributed by atoms with Crippen molar-refractivity contribution in [3.8, 4) is 0 Å². The first-order valence-corrected chi connectivity index (χ1v) is 4.69. The maximum absolute atomic E-state index is 11.3. The van der Waals surface area contributed by atoms with E-state index in [2.05, 4.69) is 4.84 Å². The molecule has 0 saturated heterocycles. The zero-order valence-corrected chi connectivity index (χ0v) is 9.50. The highest BCUT2D eigenvalue weighted by molar-refractivity contribution is 5.89. The molecule has 0 aliphatic heterocycles. The number of anilines is 1. The molecule has 0 saturated carbocycles. The number of aryl methyl sites for hydroxylation is 3. The largest absolute Gasteiger partial charge is 0.432 e. The Balaban J connectivity index is 3.19. The molecular formula is C11H16N2O2. The van der Waals surface area contributed by atoms with Gasteiger partial charge in [-0.15, -0.1) is 0 Å². The Morgan fingerprint density at radius 3 is 2.13 bits per heavy atom. The molecule has 0 bridgehead atoms. The molecule has 1 aromatic rings. The average Bonchev–Trinajstić information content (AvgIpc) is 2.14. The van der Waals surface area contributed by atoms with Crippen LogP contribution < -0.4 is 10.8 Å². The van der Waals surface area contributed by atoms with Gasteiger partial charge in [0.15, 0.2) is 0 Å². The summed E-state index contributed by atoms with van der Waals surface area (Å²) in [7, 11) is 1.64. The normalized spacial score (nSPS) is 9.93. The number of benzene rings is 1. The summed E-state index contributed by atoms with van der Waals surface area (Å²) in [6.45, 7) is 5.93. The van der Waals surface area contributed by atoms with Crippen LogP contribution in [0.15, 0.2) is 12.1 Å². The lowest BCUT2D eigenvalue weighted by molar-refractivity contribution is 0.157. The molecule has 0 radical (unpaired) electrons. The molecule has 0 atom stereocenters. The first-order valence-electron chi connectivity index (χ1n) is 4.69. The van der Waals surface area contributed by atoms with Crippen LogP contribution in [0.2, 0.25) is 0 Å². The van der Waals surface area contributed by atoms with Crippen LogP contribution in [0.3, 0.4) is 0 Å². The zero-order valence-electron chi connectivity index (χ0n) is 9.50. The number of rotatable bonds is 1. The van der Waals surface area contributed by atoms with Crippen molar-refractivity contribution in [1.82, 2.24) is 0 Å². The maximum atomic E-state index is 11.3. The fraction of sp³-hybridized carbons (Fsp3) is 0.364. The molecule has 82 valence electrons. The second-order valence-corrected chi connectivity index (χ2v) is 3.69. The molecule has 1 rings (SSSR count). The molecule has 0 aromatic heterocycles. The van der Waals surface area contributed by atoms with Crippen LogP contribution in [-0.4, -0.2) is 13.1 Å². The van der Waals surface area contributed by atoms with Gasteiger partial charge in [0.2, 0.25) is 0 Å². The van der Waals surface area contributed by atoms with Gasteiger partial charge in [-0.05, 0) is 31.9 Å². The molecule has 0 heterocycles. The lowest BCUT2D eigenvalue weighted by Gasteiger charge is -2.20. The fourth-order valence-corrected chi connectivity index (χ4v) is 1.87. The molecule has 0 fully saturated rings. The summed E-state index contributed by atoms with van der Waals surface area (Å²) in [5.41, 5.74) is 4.07. The first kappa shape index (κ1) is 11.5. The average molecular weight is 208 g/mol. The summed E-state index contributed by atoms with van der Waals surface area (Å²) in [6.07, 6.45) is -0.565. The predicted octanol–water partition coefficient (Wildman–Crippen LogP) is 2.06. The SMILES string of the molecule is Cc1cc(C)c(N(C)C(=O)ON)c(C)c1. The van der Waals surface area contributed by atoms with Crippen LogP contribution in [0.25, 0.3) is 0 Å². The third-order valence-electron chi connectivity index (χ3n) is 2.35. The van der Waals surface area contributed by atoms with Crippen LogP contribution in [0.4, 0.5) is 10.5 Å². The number of nitrogens with zero attached hydrogens (tertiary/aromatic N) is 1. The van der Waals surface area contributed by atoms with E-state index < -0.39 is 6.09 Å². The Hall–Kier alpha value is -1.55. The molecule has 1 amide bonds. The van der Waals surface area contributed by atoms with Crippen molar-refractivity contribution in [2.75, 3.05) is 11.9 Å². The molecule has 4 heteroatoms. The van der Waals surface area contributed by atoms with E-state index in [1.807, 2.05) is 32.9 Å². The third-order valence-corrected chi connectivity index (χ3v) is 2.35. The minimum absolute atomic E-state index is 0.565. The van der Waals surface area contributed by atoms with Crippen molar-refractivity contribution >= 4 is 11.8 Å². The van der Waals surface area contributed by atoms with Crippen LogP contribution >= 0.6 is 0 Å². The van der Waals surface area contributed by atoms with E-state index in [1.54, 1.807) is 7.05 Å². The molecule has 0 spiro atoms. The predicted molar refractivity (Wildman–Crippen MR) is 59.7 cm³/mol. The van der Waals surface area contributed by atoms with Gasteiger partial charge in [0.1, 0.15) is 0 Å². The summed E-state index contributed by atoms with van der Waals surface area (Å²) in [4.78, 5) is 16.9. The number of hydrogen-bond acceptors (Lipinski definition) is 3. The Labute approximate surface area is 89.6 Å². The van der Waals surface area contributed by atoms with Gasteiger partial charge in [0.25, 0.3) is 0 Å². The van der Waals surface area contributed by atoms with E-state index in [9.17, 15) is 4.79 Å². The van der Waals surface area contributed by atoms with Crippen LogP contribution in [-0.2, 0) is 4.84 Å². The van der Waals surface area contributed by atoms with Gasteiger partial charge in [-0.25, -0.2) is 4.79 Å². The Morgan fingerprint density at radius 1 is 1.27 bits per heavy atom. The second kappa shape index (κ2) is 4.31. The quantitative estimate of drug-likeness (QED) is 0.719. The fourth-order valence-electron chi connectivity index (χ4n) is 1.87. The van der Waals surface area contributed by atoms with Crippen molar-refractivity contribution in [1.29, 1.82) is 0 Å². The topological polar surface area (TPSA) is 55.6 Å². The molecular weight excluding hydrogens is 192 g/mol. The van der Waals surface area contributed by atoms with Crippen molar-refractivity contribution in [3.63, 3.8) is 0 Å². The number of carbonyl (C=O) groups is 1. The number of carbonyl (C=O) groups excluding carboxylic acids is 1. The van der Waals surface area contributed by atoms with Crippen LogP contribution in [0.5, 0.6) is 0 Å². The highest BCUT2D eigenvalue weighted by Crippen LogP contribution is 2.25.